The van der Waals surface area contributed by atoms with Crippen molar-refractivity contribution < 1.29 is 14.2 Å². The lowest BCUT2D eigenvalue weighted by molar-refractivity contribution is 0.106. The van der Waals surface area contributed by atoms with Crippen molar-refractivity contribution in [2.24, 2.45) is 0 Å². The second-order valence-corrected chi connectivity index (χ2v) is 4.35. The molecule has 5 nitrogen and oxygen atoms in total. The van der Waals surface area contributed by atoms with Crippen LogP contribution >= 0.6 is 12.2 Å². The molecule has 0 bridgehead atoms. The number of thiocarbonyl (C=S) groups is 1. The van der Waals surface area contributed by atoms with E-state index in [2.05, 4.69) is 10.2 Å². The zero-order chi connectivity index (χ0) is 14.3. The molecular weight excluding hydrogens is 264 g/mol. The van der Waals surface area contributed by atoms with E-state index in [1.807, 2.05) is 13.8 Å². The Morgan fingerprint density at radius 3 is 2.11 bits per heavy atom. The molecule has 0 radical (unpaired) electrons. The highest BCUT2D eigenvalue weighted by Crippen LogP contribution is 1.93. The van der Waals surface area contributed by atoms with Crippen LogP contribution < -0.4 is 5.32 Å². The van der Waals surface area contributed by atoms with E-state index >= 15 is 0 Å². The zero-order valence-corrected chi connectivity index (χ0v) is 13.3. The highest BCUT2D eigenvalue weighted by molar-refractivity contribution is 7.80. The minimum Gasteiger partial charge on any atom is -0.385 e. The fraction of sp³-hybridized carbons (Fsp3) is 0.923. The summed E-state index contributed by atoms with van der Waals surface area (Å²) in [7, 11) is 1.70. The first-order valence-corrected chi connectivity index (χ1v) is 7.34. The second kappa shape index (κ2) is 14.0. The van der Waals surface area contributed by atoms with Crippen molar-refractivity contribution in [3.63, 3.8) is 0 Å². The summed E-state index contributed by atoms with van der Waals surface area (Å²) in [6, 6.07) is 0. The third-order valence-electron chi connectivity index (χ3n) is 2.51. The molecule has 0 fully saturated rings. The minimum atomic E-state index is 0.683. The van der Waals surface area contributed by atoms with Gasteiger partial charge in [-0.15, -0.1) is 0 Å². The zero-order valence-electron chi connectivity index (χ0n) is 12.4. The summed E-state index contributed by atoms with van der Waals surface area (Å²) in [5, 5.41) is 4.00. The Balaban J connectivity index is 3.94. The topological polar surface area (TPSA) is 43.0 Å². The molecule has 0 saturated carbocycles. The van der Waals surface area contributed by atoms with Crippen molar-refractivity contribution in [3.05, 3.63) is 0 Å². The molecular formula is C13H28N2O3S. The molecule has 0 saturated heterocycles. The number of ether oxygens (including phenoxy) is 3. The number of rotatable bonds is 12. The molecule has 0 rings (SSSR count). The SMILES string of the molecule is CCOCCN(CCOCC)C(=S)NCCCOC. The van der Waals surface area contributed by atoms with Gasteiger partial charge in [-0.2, -0.15) is 0 Å². The Bertz CT molecular complexity index is 208. The molecule has 19 heavy (non-hydrogen) atoms. The largest absolute Gasteiger partial charge is 0.385 e. The van der Waals surface area contributed by atoms with Gasteiger partial charge in [-0.05, 0) is 32.5 Å². The summed E-state index contributed by atoms with van der Waals surface area (Å²) in [4.78, 5) is 2.09. The van der Waals surface area contributed by atoms with Crippen LogP contribution in [0.15, 0.2) is 0 Å². The number of nitrogens with one attached hydrogen (secondary N) is 1. The molecule has 0 aromatic heterocycles. The van der Waals surface area contributed by atoms with E-state index in [1.54, 1.807) is 7.11 Å². The van der Waals surface area contributed by atoms with Crippen molar-refractivity contribution in [2.45, 2.75) is 20.3 Å². The van der Waals surface area contributed by atoms with Crippen molar-refractivity contribution >= 4 is 17.3 Å². The summed E-state index contributed by atoms with van der Waals surface area (Å²) in [5.74, 6) is 0. The van der Waals surface area contributed by atoms with Gasteiger partial charge in [0.15, 0.2) is 5.11 Å². The lowest BCUT2D eigenvalue weighted by Crippen LogP contribution is -2.43. The lowest BCUT2D eigenvalue weighted by atomic mass is 10.4. The number of methoxy groups -OCH3 is 1. The van der Waals surface area contributed by atoms with Crippen LogP contribution in [0.3, 0.4) is 0 Å². The Kier molecular flexibility index (Phi) is 13.7. The Labute approximate surface area is 122 Å². The maximum absolute atomic E-state index is 5.39. The highest BCUT2D eigenvalue weighted by Gasteiger charge is 2.08. The second-order valence-electron chi connectivity index (χ2n) is 3.96. The lowest BCUT2D eigenvalue weighted by Gasteiger charge is -2.25. The summed E-state index contributed by atoms with van der Waals surface area (Å²) < 4.78 is 15.8. The summed E-state index contributed by atoms with van der Waals surface area (Å²) >= 11 is 5.39. The van der Waals surface area contributed by atoms with Gasteiger partial charge in [-0.3, -0.25) is 0 Å². The van der Waals surface area contributed by atoms with Crippen LogP contribution in [0.1, 0.15) is 20.3 Å². The average molecular weight is 292 g/mol. The maximum atomic E-state index is 5.39. The highest BCUT2D eigenvalue weighted by atomic mass is 32.1. The molecule has 0 aliphatic heterocycles. The monoisotopic (exact) mass is 292 g/mol. The number of nitrogens with zero attached hydrogens (tertiary/aromatic N) is 1. The predicted molar refractivity (Wildman–Crippen MR) is 81.7 cm³/mol. The van der Waals surface area contributed by atoms with Gasteiger partial charge in [0.1, 0.15) is 0 Å². The summed E-state index contributed by atoms with van der Waals surface area (Å²) in [6.07, 6.45) is 0.946. The number of hydrogen-bond donors (Lipinski definition) is 1. The van der Waals surface area contributed by atoms with Crippen molar-refractivity contribution in [2.75, 3.05) is 59.8 Å². The van der Waals surface area contributed by atoms with E-state index in [0.717, 1.165) is 51.0 Å². The van der Waals surface area contributed by atoms with Crippen LogP contribution in [0.25, 0.3) is 0 Å². The maximum Gasteiger partial charge on any atom is 0.169 e. The molecule has 6 heteroatoms. The molecule has 114 valence electrons. The quantitative estimate of drug-likeness (QED) is 0.432. The van der Waals surface area contributed by atoms with Crippen molar-refractivity contribution in [3.8, 4) is 0 Å². The van der Waals surface area contributed by atoms with Gasteiger partial charge in [0.05, 0.1) is 13.2 Å². The Morgan fingerprint density at radius 1 is 1.05 bits per heavy atom. The standard InChI is InChI=1S/C13H28N2O3S/c1-4-17-11-8-15(9-12-18-5-2)13(19)14-7-6-10-16-3/h4-12H2,1-3H3,(H,14,19). The Morgan fingerprint density at radius 2 is 1.63 bits per heavy atom. The first-order valence-electron chi connectivity index (χ1n) is 6.93. The molecule has 0 spiro atoms. The number of hydrogen-bond acceptors (Lipinski definition) is 4. The van der Waals surface area contributed by atoms with E-state index in [0.29, 0.717) is 13.2 Å². The van der Waals surface area contributed by atoms with E-state index in [1.165, 1.54) is 0 Å². The van der Waals surface area contributed by atoms with Gasteiger partial charge in [-0.25, -0.2) is 0 Å². The normalized spacial score (nSPS) is 10.5. The average Bonchev–Trinajstić information content (AvgIpc) is 2.42. The Hall–Kier alpha value is -0.430. The van der Waals surface area contributed by atoms with Crippen LogP contribution in [-0.4, -0.2) is 69.8 Å². The molecule has 0 atom stereocenters. The smallest absolute Gasteiger partial charge is 0.169 e. The molecule has 0 aromatic carbocycles. The fourth-order valence-corrected chi connectivity index (χ4v) is 1.76. The molecule has 0 heterocycles. The van der Waals surface area contributed by atoms with Crippen LogP contribution in [0, 0.1) is 0 Å². The van der Waals surface area contributed by atoms with E-state index in [9.17, 15) is 0 Å². The van der Waals surface area contributed by atoms with Crippen molar-refractivity contribution in [1.29, 1.82) is 0 Å². The van der Waals surface area contributed by atoms with Crippen molar-refractivity contribution in [1.82, 2.24) is 10.2 Å². The van der Waals surface area contributed by atoms with E-state index in [-0.39, 0.29) is 0 Å². The van der Waals surface area contributed by atoms with E-state index in [4.69, 9.17) is 26.4 Å². The van der Waals surface area contributed by atoms with Crippen LogP contribution in [0.5, 0.6) is 0 Å². The van der Waals surface area contributed by atoms with E-state index < -0.39 is 0 Å². The van der Waals surface area contributed by atoms with Gasteiger partial charge in [0, 0.05) is 46.6 Å². The predicted octanol–water partition coefficient (Wildman–Crippen LogP) is 1.27. The summed E-state index contributed by atoms with van der Waals surface area (Å²) in [5.41, 5.74) is 0. The molecule has 0 aliphatic carbocycles. The molecule has 0 aliphatic rings. The van der Waals surface area contributed by atoms with Gasteiger partial charge in [-0.1, -0.05) is 0 Å². The van der Waals surface area contributed by atoms with Gasteiger partial charge >= 0.3 is 0 Å². The van der Waals surface area contributed by atoms with Gasteiger partial charge < -0.3 is 24.4 Å². The summed E-state index contributed by atoms with van der Waals surface area (Å²) in [6.45, 7) is 9.96. The first-order chi connectivity index (χ1) is 9.26. The molecule has 0 amide bonds. The van der Waals surface area contributed by atoms with Crippen LogP contribution in [0.2, 0.25) is 0 Å². The first kappa shape index (κ1) is 18.6. The fourth-order valence-electron chi connectivity index (χ4n) is 1.48. The molecule has 1 N–H and O–H groups in total. The minimum absolute atomic E-state index is 0.683. The van der Waals surface area contributed by atoms with Gasteiger partial charge in [0.2, 0.25) is 0 Å². The molecule has 0 aromatic rings. The third kappa shape index (κ3) is 11.1. The molecule has 0 unspecified atom stereocenters. The third-order valence-corrected chi connectivity index (χ3v) is 2.91. The van der Waals surface area contributed by atoms with Crippen LogP contribution in [-0.2, 0) is 14.2 Å². The van der Waals surface area contributed by atoms with Gasteiger partial charge in [0.25, 0.3) is 0 Å². The van der Waals surface area contributed by atoms with Crippen LogP contribution in [0.4, 0.5) is 0 Å².